The number of benzene rings is 1. The molecule has 0 heterocycles. The zero-order valence-electron chi connectivity index (χ0n) is 11.4. The molecule has 0 amide bonds. The summed E-state index contributed by atoms with van der Waals surface area (Å²) in [6, 6.07) is 5.38. The predicted molar refractivity (Wildman–Crippen MR) is 75.0 cm³/mol. The zero-order chi connectivity index (χ0) is 14.8. The molecule has 1 aromatic carbocycles. The van der Waals surface area contributed by atoms with Gasteiger partial charge in [-0.05, 0) is 31.9 Å². The largest absolute Gasteiger partial charge is 0.391 e. The summed E-state index contributed by atoms with van der Waals surface area (Å²) in [5.74, 6) is -0.107. The van der Waals surface area contributed by atoms with E-state index in [-0.39, 0.29) is 10.7 Å². The molecule has 0 bridgehead atoms. The highest BCUT2D eigenvalue weighted by atomic mass is 32.2. The Kier molecular flexibility index (Phi) is 4.57. The van der Waals surface area contributed by atoms with Crippen molar-refractivity contribution in [2.24, 2.45) is 0 Å². The lowest BCUT2D eigenvalue weighted by molar-refractivity contribution is 0.101. The van der Waals surface area contributed by atoms with Gasteiger partial charge < -0.3 is 5.11 Å². The van der Waals surface area contributed by atoms with Crippen molar-refractivity contribution in [3.63, 3.8) is 0 Å². The first-order valence-corrected chi connectivity index (χ1v) is 8.20. The van der Waals surface area contributed by atoms with Crippen LogP contribution in [0.1, 0.15) is 43.0 Å². The molecule has 6 heteroatoms. The number of aliphatic hydroxyl groups excluding tert-OH is 1. The molecule has 0 aliphatic heterocycles. The van der Waals surface area contributed by atoms with Gasteiger partial charge in [0.2, 0.25) is 10.0 Å². The summed E-state index contributed by atoms with van der Waals surface area (Å²) >= 11 is 0. The minimum Gasteiger partial charge on any atom is -0.391 e. The Morgan fingerprint density at radius 3 is 2.35 bits per heavy atom. The van der Waals surface area contributed by atoms with Crippen LogP contribution in [0.15, 0.2) is 29.2 Å². The molecular formula is C14H19NO4S. The fraction of sp³-hybridized carbons (Fsp3) is 0.500. The summed E-state index contributed by atoms with van der Waals surface area (Å²) < 4.78 is 27.0. The van der Waals surface area contributed by atoms with E-state index in [9.17, 15) is 18.3 Å². The van der Waals surface area contributed by atoms with Crippen molar-refractivity contribution >= 4 is 15.8 Å². The van der Waals surface area contributed by atoms with E-state index in [1.54, 1.807) is 0 Å². The molecule has 2 atom stereocenters. The molecule has 1 aliphatic carbocycles. The Bertz CT molecular complexity index is 580. The van der Waals surface area contributed by atoms with Crippen LogP contribution in [-0.4, -0.2) is 31.5 Å². The van der Waals surface area contributed by atoms with Crippen molar-refractivity contribution in [1.29, 1.82) is 0 Å². The van der Waals surface area contributed by atoms with Crippen molar-refractivity contribution in [2.75, 3.05) is 0 Å². The van der Waals surface area contributed by atoms with E-state index in [1.807, 2.05) is 0 Å². The van der Waals surface area contributed by atoms with E-state index in [0.29, 0.717) is 18.4 Å². The molecule has 2 N–H and O–H groups in total. The van der Waals surface area contributed by atoms with Gasteiger partial charge in [-0.1, -0.05) is 25.0 Å². The maximum Gasteiger partial charge on any atom is 0.240 e. The SMILES string of the molecule is CC(=O)c1ccc(S(=O)(=O)NC2CCCCC2O)cc1. The Hall–Kier alpha value is -1.24. The molecule has 0 saturated heterocycles. The summed E-state index contributed by atoms with van der Waals surface area (Å²) in [6.45, 7) is 1.43. The number of carbonyl (C=O) groups is 1. The molecule has 5 nitrogen and oxygen atoms in total. The monoisotopic (exact) mass is 297 g/mol. The van der Waals surface area contributed by atoms with E-state index < -0.39 is 22.2 Å². The lowest BCUT2D eigenvalue weighted by Gasteiger charge is -2.28. The lowest BCUT2D eigenvalue weighted by atomic mass is 9.93. The van der Waals surface area contributed by atoms with Gasteiger partial charge in [0.15, 0.2) is 5.78 Å². The van der Waals surface area contributed by atoms with Gasteiger partial charge in [0.1, 0.15) is 0 Å². The average molecular weight is 297 g/mol. The zero-order valence-corrected chi connectivity index (χ0v) is 12.2. The average Bonchev–Trinajstić information content (AvgIpc) is 2.41. The molecule has 1 fully saturated rings. The summed E-state index contributed by atoms with van der Waals surface area (Å²) in [5, 5.41) is 9.82. The van der Waals surface area contributed by atoms with Crippen molar-refractivity contribution in [3.05, 3.63) is 29.8 Å². The summed E-state index contributed by atoms with van der Waals surface area (Å²) in [5.41, 5.74) is 0.474. The van der Waals surface area contributed by atoms with Gasteiger partial charge in [-0.15, -0.1) is 0 Å². The number of nitrogens with one attached hydrogen (secondary N) is 1. The van der Waals surface area contributed by atoms with Crippen LogP contribution in [0.2, 0.25) is 0 Å². The summed E-state index contributed by atoms with van der Waals surface area (Å²) in [4.78, 5) is 11.3. The van der Waals surface area contributed by atoms with E-state index in [4.69, 9.17) is 0 Å². The Balaban J connectivity index is 2.15. The van der Waals surface area contributed by atoms with Gasteiger partial charge in [0.05, 0.1) is 11.0 Å². The van der Waals surface area contributed by atoms with Crippen LogP contribution in [0.5, 0.6) is 0 Å². The van der Waals surface area contributed by atoms with Crippen LogP contribution in [0.25, 0.3) is 0 Å². The summed E-state index contributed by atoms with van der Waals surface area (Å²) in [6.07, 6.45) is 2.47. The molecule has 110 valence electrons. The second-order valence-corrected chi connectivity index (χ2v) is 6.87. The quantitative estimate of drug-likeness (QED) is 0.824. The Labute approximate surface area is 119 Å². The van der Waals surface area contributed by atoms with E-state index in [1.165, 1.54) is 31.2 Å². The molecule has 2 unspecified atom stereocenters. The molecule has 2 rings (SSSR count). The highest BCUT2D eigenvalue weighted by Crippen LogP contribution is 2.20. The second kappa shape index (κ2) is 6.03. The second-order valence-electron chi connectivity index (χ2n) is 5.16. The van der Waals surface area contributed by atoms with Crippen LogP contribution in [0.4, 0.5) is 0 Å². The molecule has 1 aromatic rings. The number of carbonyl (C=O) groups excluding carboxylic acids is 1. The van der Waals surface area contributed by atoms with Crippen LogP contribution in [0, 0.1) is 0 Å². The highest BCUT2D eigenvalue weighted by Gasteiger charge is 2.28. The predicted octanol–water partition coefficient (Wildman–Crippen LogP) is 1.47. The number of hydrogen-bond donors (Lipinski definition) is 2. The van der Waals surface area contributed by atoms with E-state index in [0.717, 1.165) is 12.8 Å². The third kappa shape index (κ3) is 3.45. The summed E-state index contributed by atoms with van der Waals surface area (Å²) in [7, 11) is -3.66. The number of ketones is 1. The molecule has 0 aromatic heterocycles. The molecule has 0 spiro atoms. The molecule has 1 aliphatic rings. The number of sulfonamides is 1. The van der Waals surface area contributed by atoms with Crippen molar-refractivity contribution < 1.29 is 18.3 Å². The Morgan fingerprint density at radius 1 is 1.20 bits per heavy atom. The maximum absolute atomic E-state index is 12.2. The van der Waals surface area contributed by atoms with Crippen molar-refractivity contribution in [2.45, 2.75) is 49.6 Å². The van der Waals surface area contributed by atoms with Gasteiger partial charge >= 0.3 is 0 Å². The van der Waals surface area contributed by atoms with Gasteiger partial charge in [-0.3, -0.25) is 4.79 Å². The third-order valence-electron chi connectivity index (χ3n) is 3.61. The maximum atomic E-state index is 12.2. The topological polar surface area (TPSA) is 83.5 Å². The highest BCUT2D eigenvalue weighted by molar-refractivity contribution is 7.89. The molecule has 1 saturated carbocycles. The van der Waals surface area contributed by atoms with Crippen LogP contribution >= 0.6 is 0 Å². The fourth-order valence-corrected chi connectivity index (χ4v) is 3.69. The number of aliphatic hydroxyl groups is 1. The molecular weight excluding hydrogens is 278 g/mol. The molecule has 20 heavy (non-hydrogen) atoms. The first kappa shape index (κ1) is 15.2. The Morgan fingerprint density at radius 2 is 1.80 bits per heavy atom. The standard InChI is InChI=1S/C14H19NO4S/c1-10(16)11-6-8-12(9-7-11)20(18,19)15-13-4-2-3-5-14(13)17/h6-9,13-15,17H,2-5H2,1H3. The van der Waals surface area contributed by atoms with E-state index >= 15 is 0 Å². The minimum absolute atomic E-state index is 0.107. The van der Waals surface area contributed by atoms with Gasteiger partial charge in [-0.25, -0.2) is 13.1 Å². The van der Waals surface area contributed by atoms with Gasteiger partial charge in [-0.2, -0.15) is 0 Å². The number of hydrogen-bond acceptors (Lipinski definition) is 4. The molecule has 0 radical (unpaired) electrons. The number of Topliss-reactive ketones (excluding diaryl/α,β-unsaturated/α-hetero) is 1. The smallest absolute Gasteiger partial charge is 0.240 e. The van der Waals surface area contributed by atoms with Crippen molar-refractivity contribution in [1.82, 2.24) is 4.72 Å². The van der Waals surface area contributed by atoms with Gasteiger partial charge in [0.25, 0.3) is 0 Å². The van der Waals surface area contributed by atoms with Crippen LogP contribution in [-0.2, 0) is 10.0 Å². The minimum atomic E-state index is -3.66. The normalized spacial score (nSPS) is 23.5. The van der Waals surface area contributed by atoms with E-state index in [2.05, 4.69) is 4.72 Å². The van der Waals surface area contributed by atoms with Gasteiger partial charge in [0, 0.05) is 11.6 Å². The lowest BCUT2D eigenvalue weighted by Crippen LogP contribution is -2.44. The first-order chi connectivity index (χ1) is 9.40. The number of rotatable bonds is 4. The fourth-order valence-electron chi connectivity index (χ4n) is 2.38. The first-order valence-electron chi connectivity index (χ1n) is 6.71. The third-order valence-corrected chi connectivity index (χ3v) is 5.11. The van der Waals surface area contributed by atoms with Crippen molar-refractivity contribution in [3.8, 4) is 0 Å². The van der Waals surface area contributed by atoms with Crippen LogP contribution < -0.4 is 4.72 Å². The van der Waals surface area contributed by atoms with Crippen LogP contribution in [0.3, 0.4) is 0 Å².